The van der Waals surface area contributed by atoms with E-state index in [0.717, 1.165) is 52.1 Å². The van der Waals surface area contributed by atoms with Crippen molar-refractivity contribution in [2.75, 3.05) is 5.32 Å². The summed E-state index contributed by atoms with van der Waals surface area (Å²) in [5.41, 5.74) is 7.38. The van der Waals surface area contributed by atoms with Crippen LogP contribution in [0.3, 0.4) is 0 Å². The number of amides is 1. The van der Waals surface area contributed by atoms with Gasteiger partial charge in [0.2, 0.25) is 5.91 Å². The smallest absolute Gasteiger partial charge is 0.228 e. The second-order valence-corrected chi connectivity index (χ2v) is 8.28. The van der Waals surface area contributed by atoms with Gasteiger partial charge in [0.25, 0.3) is 0 Å². The van der Waals surface area contributed by atoms with Crippen molar-refractivity contribution in [3.8, 4) is 11.1 Å². The molecule has 5 aromatic rings. The molecule has 0 aliphatic heterocycles. The number of aromatic amines is 1. The Morgan fingerprint density at radius 1 is 1.22 bits per heavy atom. The molecular weight excluding hydrogens is 406 g/mol. The van der Waals surface area contributed by atoms with E-state index in [-0.39, 0.29) is 11.8 Å². The number of fused-ring (bicyclic) bond motifs is 2. The minimum absolute atomic E-state index is 0.0293. The molecule has 0 radical (unpaired) electrons. The minimum atomic E-state index is 0.0293. The van der Waals surface area contributed by atoms with Crippen LogP contribution in [0.15, 0.2) is 36.5 Å². The van der Waals surface area contributed by atoms with Crippen LogP contribution in [0, 0.1) is 19.8 Å². The number of aryl methyl sites for hydroxylation is 2. The number of imidazole rings is 1. The first kappa shape index (κ1) is 18.7. The van der Waals surface area contributed by atoms with E-state index in [4.69, 9.17) is 0 Å². The SMILES string of the molecule is Cc1n[nH]c(C)c1-c1ccc2nnn(Cc3ccc4nc(NC(=O)C5CC5)cn4n3)c2c1. The molecule has 160 valence electrons. The van der Waals surface area contributed by atoms with Gasteiger partial charge in [-0.3, -0.25) is 9.89 Å². The highest BCUT2D eigenvalue weighted by Crippen LogP contribution is 2.30. The Morgan fingerprint density at radius 3 is 2.88 bits per heavy atom. The van der Waals surface area contributed by atoms with Crippen LogP contribution >= 0.6 is 0 Å². The van der Waals surface area contributed by atoms with E-state index in [1.54, 1.807) is 10.7 Å². The average molecular weight is 427 g/mol. The van der Waals surface area contributed by atoms with Crippen LogP contribution in [-0.4, -0.2) is 45.7 Å². The van der Waals surface area contributed by atoms with Crippen molar-refractivity contribution in [1.29, 1.82) is 0 Å². The molecule has 1 amide bonds. The summed E-state index contributed by atoms with van der Waals surface area (Å²) in [5.74, 6) is 0.679. The summed E-state index contributed by atoms with van der Waals surface area (Å²) in [6.07, 6.45) is 3.64. The third-order valence-electron chi connectivity index (χ3n) is 5.82. The predicted molar refractivity (Wildman–Crippen MR) is 118 cm³/mol. The van der Waals surface area contributed by atoms with Crippen molar-refractivity contribution in [3.05, 3.63) is 53.6 Å². The first-order valence-corrected chi connectivity index (χ1v) is 10.6. The molecule has 0 saturated heterocycles. The van der Waals surface area contributed by atoms with Crippen LogP contribution in [0.2, 0.25) is 0 Å². The topological polar surface area (TPSA) is 119 Å². The average Bonchev–Trinajstić information content (AvgIpc) is 3.34. The van der Waals surface area contributed by atoms with E-state index >= 15 is 0 Å². The molecule has 0 atom stereocenters. The molecule has 4 heterocycles. The summed E-state index contributed by atoms with van der Waals surface area (Å²) >= 11 is 0. The van der Waals surface area contributed by atoms with E-state index in [2.05, 4.69) is 42.0 Å². The minimum Gasteiger partial charge on any atom is -0.309 e. The van der Waals surface area contributed by atoms with Crippen LogP contribution in [0.25, 0.3) is 27.8 Å². The zero-order valence-electron chi connectivity index (χ0n) is 17.7. The van der Waals surface area contributed by atoms with E-state index in [1.807, 2.05) is 42.8 Å². The highest BCUT2D eigenvalue weighted by Gasteiger charge is 2.30. The van der Waals surface area contributed by atoms with Gasteiger partial charge >= 0.3 is 0 Å². The van der Waals surface area contributed by atoms with Crippen LogP contribution in [-0.2, 0) is 11.3 Å². The number of hydrogen-bond donors (Lipinski definition) is 2. The molecule has 10 nitrogen and oxygen atoms in total. The molecule has 10 heteroatoms. The van der Waals surface area contributed by atoms with Gasteiger partial charge in [0, 0.05) is 17.2 Å². The van der Waals surface area contributed by atoms with Crippen LogP contribution in [0.1, 0.15) is 29.9 Å². The quantitative estimate of drug-likeness (QED) is 0.445. The lowest BCUT2D eigenvalue weighted by molar-refractivity contribution is -0.117. The van der Waals surface area contributed by atoms with Crippen molar-refractivity contribution in [2.24, 2.45) is 5.92 Å². The molecule has 0 unspecified atom stereocenters. The molecule has 0 bridgehead atoms. The van der Waals surface area contributed by atoms with Gasteiger partial charge in [-0.25, -0.2) is 14.2 Å². The van der Waals surface area contributed by atoms with E-state index in [0.29, 0.717) is 18.0 Å². The molecule has 0 spiro atoms. The van der Waals surface area contributed by atoms with Crippen LogP contribution in [0.4, 0.5) is 5.82 Å². The van der Waals surface area contributed by atoms with Crippen molar-refractivity contribution < 1.29 is 4.79 Å². The van der Waals surface area contributed by atoms with Gasteiger partial charge in [-0.15, -0.1) is 5.10 Å². The molecule has 1 saturated carbocycles. The van der Waals surface area contributed by atoms with Gasteiger partial charge in [0.15, 0.2) is 11.5 Å². The second kappa shape index (κ2) is 6.98. The standard InChI is InChI=1S/C22H21N9O/c1-12-21(13(2)26-25-12)15-5-7-17-18(9-15)30(29-27-17)10-16-6-8-20-23-19(11-31(20)28-16)24-22(32)14-3-4-14/h5-9,11,14H,3-4,10H2,1-2H3,(H,24,32)(H,25,26). The summed E-state index contributed by atoms with van der Waals surface area (Å²) < 4.78 is 3.52. The number of anilines is 1. The Kier molecular flexibility index (Phi) is 4.07. The Bertz CT molecular complexity index is 1470. The number of aromatic nitrogens is 8. The normalized spacial score (nSPS) is 13.8. The number of hydrogen-bond acceptors (Lipinski definition) is 6. The lowest BCUT2D eigenvalue weighted by Crippen LogP contribution is -2.13. The molecule has 2 N–H and O–H groups in total. The van der Waals surface area contributed by atoms with Crippen molar-refractivity contribution in [2.45, 2.75) is 33.2 Å². The van der Waals surface area contributed by atoms with Gasteiger partial charge in [-0.1, -0.05) is 11.3 Å². The number of carbonyl (C=O) groups excluding carboxylic acids is 1. The monoisotopic (exact) mass is 427 g/mol. The Balaban J connectivity index is 1.31. The van der Waals surface area contributed by atoms with Gasteiger partial charge in [-0.05, 0) is 56.5 Å². The van der Waals surface area contributed by atoms with Gasteiger partial charge < -0.3 is 5.32 Å². The summed E-state index contributed by atoms with van der Waals surface area (Å²) in [7, 11) is 0. The van der Waals surface area contributed by atoms with E-state index in [9.17, 15) is 4.79 Å². The lowest BCUT2D eigenvalue weighted by Gasteiger charge is -2.05. The number of H-pyrrole nitrogens is 1. The highest BCUT2D eigenvalue weighted by molar-refractivity contribution is 5.93. The third kappa shape index (κ3) is 3.20. The molecular formula is C22H21N9O. The molecule has 1 aliphatic carbocycles. The molecule has 1 fully saturated rings. The first-order valence-electron chi connectivity index (χ1n) is 10.6. The largest absolute Gasteiger partial charge is 0.309 e. The van der Waals surface area contributed by atoms with Gasteiger partial charge in [0.1, 0.15) is 5.52 Å². The third-order valence-corrected chi connectivity index (χ3v) is 5.82. The molecule has 4 aromatic heterocycles. The van der Waals surface area contributed by atoms with Crippen molar-refractivity contribution >= 4 is 28.4 Å². The Hall–Kier alpha value is -4.08. The lowest BCUT2D eigenvalue weighted by atomic mass is 10.0. The van der Waals surface area contributed by atoms with E-state index < -0.39 is 0 Å². The molecule has 32 heavy (non-hydrogen) atoms. The maximum absolute atomic E-state index is 12.0. The van der Waals surface area contributed by atoms with Gasteiger partial charge in [-0.2, -0.15) is 10.2 Å². The van der Waals surface area contributed by atoms with Crippen LogP contribution < -0.4 is 5.32 Å². The molecule has 1 aromatic carbocycles. The fourth-order valence-electron chi connectivity index (χ4n) is 4.01. The van der Waals surface area contributed by atoms with Crippen molar-refractivity contribution in [3.63, 3.8) is 0 Å². The second-order valence-electron chi connectivity index (χ2n) is 8.28. The zero-order chi connectivity index (χ0) is 21.8. The summed E-state index contributed by atoms with van der Waals surface area (Å²) in [6, 6.07) is 9.90. The van der Waals surface area contributed by atoms with Crippen LogP contribution in [0.5, 0.6) is 0 Å². The number of benzene rings is 1. The summed E-state index contributed by atoms with van der Waals surface area (Å²) in [5, 5.41) is 23.5. The van der Waals surface area contributed by atoms with E-state index in [1.165, 1.54) is 0 Å². The summed E-state index contributed by atoms with van der Waals surface area (Å²) in [6.45, 7) is 4.46. The predicted octanol–water partition coefficient (Wildman–Crippen LogP) is 2.88. The molecule has 6 rings (SSSR count). The Morgan fingerprint density at radius 2 is 2.09 bits per heavy atom. The highest BCUT2D eigenvalue weighted by atomic mass is 16.2. The fraction of sp³-hybridized carbons (Fsp3) is 0.273. The molecule has 1 aliphatic rings. The number of nitrogens with zero attached hydrogens (tertiary/aromatic N) is 7. The first-order chi connectivity index (χ1) is 15.5. The number of rotatable bonds is 5. The maximum Gasteiger partial charge on any atom is 0.228 e. The zero-order valence-corrected chi connectivity index (χ0v) is 17.7. The fourth-order valence-corrected chi connectivity index (χ4v) is 4.01. The maximum atomic E-state index is 12.0. The Labute approximate surface area is 182 Å². The number of nitrogens with one attached hydrogen (secondary N) is 2. The number of carbonyl (C=O) groups is 1. The van der Waals surface area contributed by atoms with Gasteiger partial charge in [0.05, 0.1) is 29.6 Å². The summed E-state index contributed by atoms with van der Waals surface area (Å²) in [4.78, 5) is 16.4. The van der Waals surface area contributed by atoms with Crippen molar-refractivity contribution in [1.82, 2.24) is 39.8 Å².